The van der Waals surface area contributed by atoms with Crippen LogP contribution in [0.3, 0.4) is 0 Å². The number of nitrogen functional groups attached to an aromatic ring is 1. The summed E-state index contributed by atoms with van der Waals surface area (Å²) in [4.78, 5) is 3.81. The summed E-state index contributed by atoms with van der Waals surface area (Å²) in [5.41, 5.74) is 5.60. The molecule has 4 heteroatoms. The molecule has 0 amide bonds. The molecular weight excluding hydrogens is 194 g/mol. The molecule has 1 aromatic rings. The first-order valence-electron chi connectivity index (χ1n) is 5.28. The van der Waals surface area contributed by atoms with Crippen LogP contribution in [-0.2, 0) is 6.54 Å². The smallest absolute Gasteiger partial charge is 0.137 e. The zero-order valence-electron chi connectivity index (χ0n) is 8.41. The van der Waals surface area contributed by atoms with E-state index in [1.54, 1.807) is 0 Å². The van der Waals surface area contributed by atoms with Crippen LogP contribution in [0.1, 0.15) is 30.6 Å². The standard InChI is InChI=1S/C10H17N3S/c11-10-7-9(14-12-10)8-13-5-3-1-2-4-6-13/h7H,1-6,8H2,(H2,11,12). The molecule has 2 heterocycles. The Labute approximate surface area is 89.1 Å². The second-order valence-corrected chi connectivity index (χ2v) is 4.80. The first-order valence-corrected chi connectivity index (χ1v) is 6.05. The van der Waals surface area contributed by atoms with Crippen molar-refractivity contribution in [2.24, 2.45) is 0 Å². The van der Waals surface area contributed by atoms with Gasteiger partial charge in [0.2, 0.25) is 0 Å². The van der Waals surface area contributed by atoms with E-state index < -0.39 is 0 Å². The molecular formula is C10H17N3S. The van der Waals surface area contributed by atoms with Gasteiger partial charge in [-0.3, -0.25) is 4.90 Å². The average molecular weight is 211 g/mol. The van der Waals surface area contributed by atoms with E-state index in [9.17, 15) is 0 Å². The summed E-state index contributed by atoms with van der Waals surface area (Å²) in [7, 11) is 0. The van der Waals surface area contributed by atoms with Crippen molar-refractivity contribution in [1.82, 2.24) is 9.27 Å². The largest absolute Gasteiger partial charge is 0.383 e. The lowest BCUT2D eigenvalue weighted by Gasteiger charge is -2.17. The lowest BCUT2D eigenvalue weighted by Crippen LogP contribution is -2.23. The van der Waals surface area contributed by atoms with Crippen molar-refractivity contribution >= 4 is 17.4 Å². The number of anilines is 1. The van der Waals surface area contributed by atoms with Gasteiger partial charge in [-0.25, -0.2) is 0 Å². The highest BCUT2D eigenvalue weighted by molar-refractivity contribution is 7.06. The number of nitrogens with two attached hydrogens (primary N) is 1. The molecule has 1 aliphatic heterocycles. The number of nitrogens with zero attached hydrogens (tertiary/aromatic N) is 2. The van der Waals surface area contributed by atoms with Crippen LogP contribution in [0.25, 0.3) is 0 Å². The summed E-state index contributed by atoms with van der Waals surface area (Å²) in [6.45, 7) is 3.50. The van der Waals surface area contributed by atoms with Crippen LogP contribution in [0.5, 0.6) is 0 Å². The topological polar surface area (TPSA) is 42.1 Å². The number of rotatable bonds is 2. The Morgan fingerprint density at radius 3 is 2.57 bits per heavy atom. The van der Waals surface area contributed by atoms with Crippen LogP contribution in [0.4, 0.5) is 5.82 Å². The maximum absolute atomic E-state index is 5.60. The summed E-state index contributed by atoms with van der Waals surface area (Å²) in [5.74, 6) is 0.667. The summed E-state index contributed by atoms with van der Waals surface area (Å²) in [6.07, 6.45) is 5.46. The van der Waals surface area contributed by atoms with Crippen molar-refractivity contribution in [3.05, 3.63) is 10.9 Å². The number of aromatic nitrogens is 1. The van der Waals surface area contributed by atoms with Gasteiger partial charge in [0.1, 0.15) is 5.82 Å². The van der Waals surface area contributed by atoms with Gasteiger partial charge in [0.25, 0.3) is 0 Å². The second-order valence-electron chi connectivity index (χ2n) is 3.91. The van der Waals surface area contributed by atoms with Gasteiger partial charge in [-0.15, -0.1) is 0 Å². The Kier molecular flexibility index (Phi) is 3.37. The average Bonchev–Trinajstić information content (AvgIpc) is 2.43. The van der Waals surface area contributed by atoms with E-state index in [-0.39, 0.29) is 0 Å². The first-order chi connectivity index (χ1) is 6.84. The SMILES string of the molecule is Nc1cc(CN2CCCCCC2)sn1. The van der Waals surface area contributed by atoms with E-state index >= 15 is 0 Å². The Morgan fingerprint density at radius 2 is 2.00 bits per heavy atom. The Bertz CT molecular complexity index is 277. The van der Waals surface area contributed by atoms with Gasteiger partial charge in [0.15, 0.2) is 0 Å². The van der Waals surface area contributed by atoms with E-state index in [0.29, 0.717) is 5.82 Å². The summed E-state index contributed by atoms with van der Waals surface area (Å²) in [5, 5.41) is 0. The fourth-order valence-electron chi connectivity index (χ4n) is 1.92. The van der Waals surface area contributed by atoms with Crippen molar-refractivity contribution in [2.75, 3.05) is 18.8 Å². The van der Waals surface area contributed by atoms with Crippen LogP contribution < -0.4 is 5.73 Å². The van der Waals surface area contributed by atoms with Crippen LogP contribution >= 0.6 is 11.5 Å². The lowest BCUT2D eigenvalue weighted by atomic mass is 10.2. The lowest BCUT2D eigenvalue weighted by molar-refractivity contribution is 0.279. The Balaban J connectivity index is 1.89. The fourth-order valence-corrected chi connectivity index (χ4v) is 2.61. The molecule has 0 aliphatic carbocycles. The molecule has 0 bridgehead atoms. The molecule has 0 atom stereocenters. The van der Waals surface area contributed by atoms with Crippen LogP contribution in [0.2, 0.25) is 0 Å². The molecule has 1 aliphatic rings. The normalized spacial score (nSPS) is 19.4. The third kappa shape index (κ3) is 2.69. The molecule has 3 nitrogen and oxygen atoms in total. The third-order valence-electron chi connectivity index (χ3n) is 2.66. The van der Waals surface area contributed by atoms with Crippen LogP contribution in [-0.4, -0.2) is 22.4 Å². The van der Waals surface area contributed by atoms with E-state index in [1.807, 2.05) is 6.07 Å². The van der Waals surface area contributed by atoms with E-state index in [1.165, 1.54) is 55.2 Å². The van der Waals surface area contributed by atoms with Gasteiger partial charge < -0.3 is 5.73 Å². The highest BCUT2D eigenvalue weighted by Crippen LogP contribution is 2.17. The Morgan fingerprint density at radius 1 is 1.29 bits per heavy atom. The first kappa shape index (κ1) is 9.93. The Hall–Kier alpha value is -0.610. The van der Waals surface area contributed by atoms with Crippen molar-refractivity contribution in [2.45, 2.75) is 32.2 Å². The summed E-state index contributed by atoms with van der Waals surface area (Å²) >= 11 is 1.53. The van der Waals surface area contributed by atoms with E-state index in [2.05, 4.69) is 9.27 Å². The molecule has 0 unspecified atom stereocenters. The number of hydrogen-bond donors (Lipinski definition) is 1. The van der Waals surface area contributed by atoms with E-state index in [4.69, 9.17) is 5.73 Å². The van der Waals surface area contributed by atoms with Gasteiger partial charge in [0.05, 0.1) is 0 Å². The van der Waals surface area contributed by atoms with Crippen molar-refractivity contribution < 1.29 is 0 Å². The minimum Gasteiger partial charge on any atom is -0.383 e. The van der Waals surface area contributed by atoms with Crippen molar-refractivity contribution in [3.8, 4) is 0 Å². The molecule has 0 saturated carbocycles. The maximum atomic E-state index is 5.60. The van der Waals surface area contributed by atoms with Crippen LogP contribution in [0.15, 0.2) is 6.07 Å². The van der Waals surface area contributed by atoms with Gasteiger partial charge in [-0.1, -0.05) is 12.8 Å². The van der Waals surface area contributed by atoms with Crippen molar-refractivity contribution in [3.63, 3.8) is 0 Å². The monoisotopic (exact) mass is 211 g/mol. The highest BCUT2D eigenvalue weighted by Gasteiger charge is 2.10. The second kappa shape index (κ2) is 4.75. The van der Waals surface area contributed by atoms with Gasteiger partial charge in [-0.05, 0) is 43.5 Å². The zero-order valence-corrected chi connectivity index (χ0v) is 9.22. The third-order valence-corrected chi connectivity index (χ3v) is 3.44. The van der Waals surface area contributed by atoms with E-state index in [0.717, 1.165) is 6.54 Å². The molecule has 1 saturated heterocycles. The maximum Gasteiger partial charge on any atom is 0.137 e. The predicted octanol–water partition coefficient (Wildman–Crippen LogP) is 2.10. The molecule has 78 valence electrons. The minimum atomic E-state index is 0.667. The molecule has 14 heavy (non-hydrogen) atoms. The fraction of sp³-hybridized carbons (Fsp3) is 0.700. The molecule has 2 N–H and O–H groups in total. The molecule has 0 aromatic carbocycles. The van der Waals surface area contributed by atoms with Crippen LogP contribution in [0, 0.1) is 0 Å². The van der Waals surface area contributed by atoms with Crippen molar-refractivity contribution in [1.29, 1.82) is 0 Å². The predicted molar refractivity (Wildman–Crippen MR) is 60.3 cm³/mol. The molecule has 1 fully saturated rings. The van der Waals surface area contributed by atoms with Gasteiger partial charge in [-0.2, -0.15) is 4.37 Å². The quantitative estimate of drug-likeness (QED) is 0.814. The molecule has 0 spiro atoms. The summed E-state index contributed by atoms with van der Waals surface area (Å²) in [6, 6.07) is 2.00. The van der Waals surface area contributed by atoms with Gasteiger partial charge in [0, 0.05) is 11.4 Å². The number of hydrogen-bond acceptors (Lipinski definition) is 4. The zero-order chi connectivity index (χ0) is 9.80. The minimum absolute atomic E-state index is 0.667. The summed E-state index contributed by atoms with van der Waals surface area (Å²) < 4.78 is 4.10. The highest BCUT2D eigenvalue weighted by atomic mass is 32.1. The number of likely N-dealkylation sites (tertiary alicyclic amines) is 1. The molecule has 2 rings (SSSR count). The van der Waals surface area contributed by atoms with Gasteiger partial charge >= 0.3 is 0 Å². The molecule has 1 aromatic heterocycles. The molecule has 0 radical (unpaired) electrons.